The smallest absolute Gasteiger partial charge is 0.293 e. The van der Waals surface area contributed by atoms with Gasteiger partial charge in [0.15, 0.2) is 11.5 Å². The van der Waals surface area contributed by atoms with Crippen molar-refractivity contribution in [2.75, 3.05) is 7.11 Å². The highest BCUT2D eigenvalue weighted by atomic mass is 35.5. The summed E-state index contributed by atoms with van der Waals surface area (Å²) in [4.78, 5) is 27.1. The number of halogens is 3. The van der Waals surface area contributed by atoms with Crippen LogP contribution in [0.4, 0.5) is 4.79 Å². The SMILES string of the molecule is COc1cccc(/C=C2\SC(=O)N(Cc3ccc(Cl)c(Cl)c3)C2=O)c1OCc1ccc(Cl)cc1. The minimum Gasteiger partial charge on any atom is -0.493 e. The summed E-state index contributed by atoms with van der Waals surface area (Å²) in [7, 11) is 1.54. The van der Waals surface area contributed by atoms with Gasteiger partial charge >= 0.3 is 0 Å². The molecule has 0 spiro atoms. The third-order valence-electron chi connectivity index (χ3n) is 5.01. The van der Waals surface area contributed by atoms with Gasteiger partial charge in [-0.3, -0.25) is 14.5 Å². The van der Waals surface area contributed by atoms with E-state index in [9.17, 15) is 9.59 Å². The topological polar surface area (TPSA) is 55.8 Å². The summed E-state index contributed by atoms with van der Waals surface area (Å²) in [5, 5.41) is 1.04. The summed E-state index contributed by atoms with van der Waals surface area (Å²) < 4.78 is 11.5. The molecule has 3 aromatic carbocycles. The average Bonchev–Trinajstić information content (AvgIpc) is 3.08. The Balaban J connectivity index is 1.58. The highest BCUT2D eigenvalue weighted by Crippen LogP contribution is 2.38. The second kappa shape index (κ2) is 10.7. The van der Waals surface area contributed by atoms with E-state index in [1.54, 1.807) is 61.7 Å². The van der Waals surface area contributed by atoms with E-state index in [0.29, 0.717) is 37.7 Å². The third kappa shape index (κ3) is 5.53. The number of nitrogens with zero attached hydrogens (tertiary/aromatic N) is 1. The quantitative estimate of drug-likeness (QED) is 0.294. The van der Waals surface area contributed by atoms with Crippen molar-refractivity contribution in [1.29, 1.82) is 0 Å². The highest BCUT2D eigenvalue weighted by Gasteiger charge is 2.35. The standard InChI is InChI=1S/C25H18Cl3NO4S/c1-32-21-4-2-3-17(23(21)33-14-15-5-8-18(26)9-6-15)12-22-24(30)29(25(31)34-22)13-16-7-10-19(27)20(28)11-16/h2-12H,13-14H2,1H3/b22-12-. The molecule has 2 amide bonds. The van der Waals surface area contributed by atoms with Crippen LogP contribution >= 0.6 is 46.6 Å². The summed E-state index contributed by atoms with van der Waals surface area (Å²) >= 11 is 18.8. The van der Waals surface area contributed by atoms with Gasteiger partial charge in [-0.2, -0.15) is 0 Å². The number of para-hydroxylation sites is 1. The van der Waals surface area contributed by atoms with E-state index < -0.39 is 5.91 Å². The Morgan fingerprint density at radius 1 is 0.941 bits per heavy atom. The molecular weight excluding hydrogens is 517 g/mol. The van der Waals surface area contributed by atoms with Crippen molar-refractivity contribution in [3.05, 3.63) is 97.3 Å². The van der Waals surface area contributed by atoms with Gasteiger partial charge in [0.05, 0.1) is 28.6 Å². The third-order valence-corrected chi connectivity index (χ3v) is 6.91. The van der Waals surface area contributed by atoms with Gasteiger partial charge in [-0.25, -0.2) is 0 Å². The fraction of sp³-hybridized carbons (Fsp3) is 0.120. The van der Waals surface area contributed by atoms with Crippen LogP contribution in [0.15, 0.2) is 65.6 Å². The minimum atomic E-state index is -0.396. The van der Waals surface area contributed by atoms with Crippen molar-refractivity contribution in [1.82, 2.24) is 4.90 Å². The Hall–Kier alpha value is -2.64. The lowest BCUT2D eigenvalue weighted by molar-refractivity contribution is -0.123. The van der Waals surface area contributed by atoms with Gasteiger partial charge in [0.25, 0.3) is 11.1 Å². The normalized spacial score (nSPS) is 14.7. The molecule has 1 saturated heterocycles. The molecule has 1 heterocycles. The van der Waals surface area contributed by atoms with Crippen molar-refractivity contribution in [2.24, 2.45) is 0 Å². The maximum Gasteiger partial charge on any atom is 0.293 e. The Morgan fingerprint density at radius 2 is 1.68 bits per heavy atom. The van der Waals surface area contributed by atoms with Gasteiger partial charge in [0.1, 0.15) is 6.61 Å². The molecule has 5 nitrogen and oxygen atoms in total. The molecule has 1 fully saturated rings. The Kier molecular flexibility index (Phi) is 7.73. The van der Waals surface area contributed by atoms with Gasteiger partial charge in [-0.1, -0.05) is 65.1 Å². The number of hydrogen-bond acceptors (Lipinski definition) is 5. The fourth-order valence-electron chi connectivity index (χ4n) is 3.30. The zero-order chi connectivity index (χ0) is 24.2. The molecular formula is C25H18Cl3NO4S. The second-order valence-electron chi connectivity index (χ2n) is 7.31. The Labute approximate surface area is 216 Å². The van der Waals surface area contributed by atoms with E-state index in [-0.39, 0.29) is 23.3 Å². The molecule has 174 valence electrons. The zero-order valence-electron chi connectivity index (χ0n) is 17.9. The molecule has 1 aliphatic heterocycles. The number of thioether (sulfide) groups is 1. The van der Waals surface area contributed by atoms with Crippen molar-refractivity contribution in [3.8, 4) is 11.5 Å². The summed E-state index contributed by atoms with van der Waals surface area (Å²) in [5.74, 6) is 0.585. The largest absolute Gasteiger partial charge is 0.493 e. The number of imide groups is 1. The number of hydrogen-bond donors (Lipinski definition) is 0. The summed E-state index contributed by atoms with van der Waals surface area (Å²) in [5.41, 5.74) is 2.24. The molecule has 9 heteroatoms. The predicted octanol–water partition coefficient (Wildman–Crippen LogP) is 7.47. The number of ether oxygens (including phenoxy) is 2. The highest BCUT2D eigenvalue weighted by molar-refractivity contribution is 8.18. The van der Waals surface area contributed by atoms with Crippen LogP contribution in [0, 0.1) is 0 Å². The number of rotatable bonds is 7. The minimum absolute atomic E-state index is 0.0942. The maximum absolute atomic E-state index is 13.0. The number of methoxy groups -OCH3 is 1. The first kappa shape index (κ1) is 24.5. The lowest BCUT2D eigenvalue weighted by Crippen LogP contribution is -2.27. The van der Waals surface area contributed by atoms with E-state index >= 15 is 0 Å². The fourth-order valence-corrected chi connectivity index (χ4v) is 4.57. The summed E-state index contributed by atoms with van der Waals surface area (Å²) in [6.45, 7) is 0.369. The van der Waals surface area contributed by atoms with Crippen LogP contribution in [0.25, 0.3) is 6.08 Å². The molecule has 0 saturated carbocycles. The van der Waals surface area contributed by atoms with Gasteiger partial charge < -0.3 is 9.47 Å². The van der Waals surface area contributed by atoms with Gasteiger partial charge in [0, 0.05) is 10.6 Å². The molecule has 1 aliphatic rings. The number of carbonyl (C=O) groups excluding carboxylic acids is 2. The molecule has 0 atom stereocenters. The van der Waals surface area contributed by atoms with Crippen LogP contribution in [-0.4, -0.2) is 23.2 Å². The van der Waals surface area contributed by atoms with E-state index in [1.165, 1.54) is 4.90 Å². The van der Waals surface area contributed by atoms with Crippen LogP contribution in [0.5, 0.6) is 11.5 Å². The molecule has 0 radical (unpaired) electrons. The molecule has 3 aromatic rings. The van der Waals surface area contributed by atoms with Gasteiger partial charge in [0.2, 0.25) is 0 Å². The predicted molar refractivity (Wildman–Crippen MR) is 137 cm³/mol. The summed E-state index contributed by atoms with van der Waals surface area (Å²) in [6, 6.07) is 17.7. The monoisotopic (exact) mass is 533 g/mol. The van der Waals surface area contributed by atoms with Crippen molar-refractivity contribution >= 4 is 63.8 Å². The average molecular weight is 535 g/mol. The zero-order valence-corrected chi connectivity index (χ0v) is 21.0. The Morgan fingerprint density at radius 3 is 2.38 bits per heavy atom. The maximum atomic E-state index is 13.0. The van der Waals surface area contributed by atoms with E-state index in [2.05, 4.69) is 0 Å². The van der Waals surface area contributed by atoms with Crippen LogP contribution < -0.4 is 9.47 Å². The van der Waals surface area contributed by atoms with Gasteiger partial charge in [-0.15, -0.1) is 0 Å². The van der Waals surface area contributed by atoms with Crippen LogP contribution in [0.1, 0.15) is 16.7 Å². The Bertz CT molecular complexity index is 1280. The molecule has 0 aromatic heterocycles. The number of benzene rings is 3. The van der Waals surface area contributed by atoms with Crippen molar-refractivity contribution in [2.45, 2.75) is 13.2 Å². The molecule has 0 bridgehead atoms. The van der Waals surface area contributed by atoms with E-state index in [1.807, 2.05) is 12.1 Å². The number of carbonyl (C=O) groups is 2. The van der Waals surface area contributed by atoms with Gasteiger partial charge in [-0.05, 0) is 59.3 Å². The second-order valence-corrected chi connectivity index (χ2v) is 9.55. The molecule has 0 unspecified atom stereocenters. The molecule has 0 N–H and O–H groups in total. The number of amides is 2. The van der Waals surface area contributed by atoms with Crippen molar-refractivity contribution < 1.29 is 19.1 Å². The van der Waals surface area contributed by atoms with E-state index in [4.69, 9.17) is 44.3 Å². The van der Waals surface area contributed by atoms with E-state index in [0.717, 1.165) is 17.3 Å². The van der Waals surface area contributed by atoms with Crippen LogP contribution in [0.3, 0.4) is 0 Å². The molecule has 34 heavy (non-hydrogen) atoms. The molecule has 0 aliphatic carbocycles. The molecule has 4 rings (SSSR count). The first-order valence-electron chi connectivity index (χ1n) is 10.1. The first-order valence-corrected chi connectivity index (χ1v) is 12.0. The van der Waals surface area contributed by atoms with Crippen LogP contribution in [0.2, 0.25) is 15.1 Å². The van der Waals surface area contributed by atoms with Crippen molar-refractivity contribution in [3.63, 3.8) is 0 Å². The lowest BCUT2D eigenvalue weighted by atomic mass is 10.1. The first-order chi connectivity index (χ1) is 16.4. The summed E-state index contributed by atoms with van der Waals surface area (Å²) in [6.07, 6.45) is 1.64. The lowest BCUT2D eigenvalue weighted by Gasteiger charge is -2.14. The van der Waals surface area contributed by atoms with Crippen LogP contribution in [-0.2, 0) is 17.9 Å².